The molecule has 0 bridgehead atoms. The van der Waals surface area contributed by atoms with Gasteiger partial charge in [0.25, 0.3) is 0 Å². The van der Waals surface area contributed by atoms with Gasteiger partial charge in [-0.1, -0.05) is 12.3 Å². The maximum Gasteiger partial charge on any atom is 0.249 e. The van der Waals surface area contributed by atoms with Gasteiger partial charge < -0.3 is 0 Å². The predicted molar refractivity (Wildman–Crippen MR) is 46.2 cm³/mol. The zero-order valence-corrected chi connectivity index (χ0v) is 7.05. The smallest absolute Gasteiger partial charge is 0.249 e. The van der Waals surface area contributed by atoms with Crippen LogP contribution in [-0.2, 0) is 4.79 Å². The van der Waals surface area contributed by atoms with Crippen molar-refractivity contribution in [2.75, 3.05) is 19.6 Å². The molecule has 1 saturated heterocycles. The number of likely N-dealkylation sites (tertiary alicyclic amines) is 1. The van der Waals surface area contributed by atoms with Crippen molar-refractivity contribution in [3.05, 3.63) is 0 Å². The Labute approximate surface area is 72.5 Å². The van der Waals surface area contributed by atoms with Gasteiger partial charge in [0.15, 0.2) is 0 Å². The van der Waals surface area contributed by atoms with Crippen LogP contribution < -0.4 is 0 Å². The minimum atomic E-state index is 0.727. The van der Waals surface area contributed by atoms with Crippen LogP contribution >= 0.6 is 0 Å². The highest BCUT2D eigenvalue weighted by molar-refractivity contribution is 5.36. The molecule has 0 atom stereocenters. The topological polar surface area (TPSA) is 32.7 Å². The second-order valence-corrected chi connectivity index (χ2v) is 2.83. The van der Waals surface area contributed by atoms with Crippen LogP contribution in [0.25, 0.3) is 0 Å². The third-order valence-electron chi connectivity index (χ3n) is 1.93. The second-order valence-electron chi connectivity index (χ2n) is 2.83. The van der Waals surface area contributed by atoms with Crippen LogP contribution in [0.15, 0.2) is 4.99 Å². The largest absolute Gasteiger partial charge is 0.292 e. The summed E-state index contributed by atoms with van der Waals surface area (Å²) in [4.78, 5) is 15.1. The summed E-state index contributed by atoms with van der Waals surface area (Å²) in [5, 5.41) is 0. The van der Waals surface area contributed by atoms with E-state index in [1.165, 1.54) is 25.3 Å². The van der Waals surface area contributed by atoms with Crippen molar-refractivity contribution in [3.63, 3.8) is 0 Å². The van der Waals surface area contributed by atoms with Crippen LogP contribution in [0.5, 0.6) is 0 Å². The molecule has 3 nitrogen and oxygen atoms in total. The Kier molecular flexibility index (Phi) is 4.15. The van der Waals surface area contributed by atoms with E-state index in [-0.39, 0.29) is 0 Å². The molecule has 1 rings (SSSR count). The zero-order chi connectivity index (χ0) is 8.65. The van der Waals surface area contributed by atoms with Crippen LogP contribution in [0.2, 0.25) is 0 Å². The van der Waals surface area contributed by atoms with Crippen molar-refractivity contribution in [2.45, 2.75) is 19.3 Å². The molecule has 1 fully saturated rings. The van der Waals surface area contributed by atoms with Crippen molar-refractivity contribution < 1.29 is 4.79 Å². The van der Waals surface area contributed by atoms with E-state index in [1.807, 2.05) is 0 Å². The fraction of sp³-hybridized carbons (Fsp3) is 0.667. The van der Waals surface area contributed by atoms with Crippen molar-refractivity contribution in [1.82, 2.24) is 4.90 Å². The number of rotatable bonds is 1. The van der Waals surface area contributed by atoms with Gasteiger partial charge in [-0.05, 0) is 25.9 Å². The maximum atomic E-state index is 9.65. The van der Waals surface area contributed by atoms with Crippen molar-refractivity contribution in [1.29, 1.82) is 0 Å². The maximum absolute atomic E-state index is 9.65. The summed E-state index contributed by atoms with van der Waals surface area (Å²) < 4.78 is 0. The van der Waals surface area contributed by atoms with Crippen LogP contribution in [0, 0.1) is 12.0 Å². The highest BCUT2D eigenvalue weighted by Crippen LogP contribution is 2.06. The molecule has 0 amide bonds. The molecule has 0 aromatic heterocycles. The van der Waals surface area contributed by atoms with E-state index in [2.05, 4.69) is 21.9 Å². The number of piperidine rings is 1. The summed E-state index contributed by atoms with van der Waals surface area (Å²) >= 11 is 0. The third-order valence-corrected chi connectivity index (χ3v) is 1.93. The molecule has 1 aliphatic heterocycles. The third kappa shape index (κ3) is 3.34. The van der Waals surface area contributed by atoms with Gasteiger partial charge in [0.05, 0.1) is 6.54 Å². The molecular weight excluding hydrogens is 152 g/mol. The molecule has 1 aliphatic rings. The minimum Gasteiger partial charge on any atom is -0.292 e. The van der Waals surface area contributed by atoms with Gasteiger partial charge in [-0.2, -0.15) is 0 Å². The average molecular weight is 164 g/mol. The normalized spacial score (nSPS) is 17.3. The number of aliphatic imine (C=N–C) groups is 1. The number of nitrogens with zero attached hydrogens (tertiary/aromatic N) is 2. The molecule has 0 unspecified atom stereocenters. The van der Waals surface area contributed by atoms with Crippen molar-refractivity contribution >= 4 is 6.08 Å². The van der Waals surface area contributed by atoms with Crippen LogP contribution in [0.1, 0.15) is 19.3 Å². The molecule has 0 spiro atoms. The van der Waals surface area contributed by atoms with Gasteiger partial charge in [0.1, 0.15) is 0 Å². The molecule has 64 valence electrons. The lowest BCUT2D eigenvalue weighted by Crippen LogP contribution is -2.29. The number of hydrogen-bond donors (Lipinski definition) is 0. The molecule has 3 heteroatoms. The fourth-order valence-electron chi connectivity index (χ4n) is 1.33. The monoisotopic (exact) mass is 164 g/mol. The van der Waals surface area contributed by atoms with Crippen LogP contribution in [0.4, 0.5) is 0 Å². The predicted octanol–water partition coefficient (Wildman–Crippen LogP) is 0.769. The molecule has 0 saturated carbocycles. The summed E-state index contributed by atoms with van der Waals surface area (Å²) in [6.07, 6.45) is 5.24. The molecule has 0 aromatic rings. The van der Waals surface area contributed by atoms with Crippen molar-refractivity contribution in [3.8, 4) is 12.0 Å². The van der Waals surface area contributed by atoms with Gasteiger partial charge >= 0.3 is 0 Å². The first-order valence-electron chi connectivity index (χ1n) is 4.20. The Morgan fingerprint density at radius 2 is 2.00 bits per heavy atom. The average Bonchev–Trinajstić information content (AvgIpc) is 2.14. The van der Waals surface area contributed by atoms with Crippen LogP contribution in [0.3, 0.4) is 0 Å². The quantitative estimate of drug-likeness (QED) is 0.326. The highest BCUT2D eigenvalue weighted by Gasteiger charge is 2.07. The van der Waals surface area contributed by atoms with E-state index in [0.717, 1.165) is 19.6 Å². The summed E-state index contributed by atoms with van der Waals surface area (Å²) in [5.74, 6) is 2.80. The Hall–Kier alpha value is -1.10. The van der Waals surface area contributed by atoms with Gasteiger partial charge in [0.2, 0.25) is 6.08 Å². The lowest BCUT2D eigenvalue weighted by atomic mass is 10.1. The van der Waals surface area contributed by atoms with E-state index in [1.54, 1.807) is 0 Å². The Morgan fingerprint density at radius 3 is 2.67 bits per heavy atom. The summed E-state index contributed by atoms with van der Waals surface area (Å²) in [6.45, 7) is 2.98. The minimum absolute atomic E-state index is 0.727. The van der Waals surface area contributed by atoms with Gasteiger partial charge in [-0.3, -0.25) is 4.90 Å². The van der Waals surface area contributed by atoms with E-state index in [0.29, 0.717) is 0 Å². The van der Waals surface area contributed by atoms with E-state index < -0.39 is 0 Å². The first kappa shape index (κ1) is 8.99. The zero-order valence-electron chi connectivity index (χ0n) is 7.05. The Morgan fingerprint density at radius 1 is 1.25 bits per heavy atom. The van der Waals surface area contributed by atoms with E-state index in [4.69, 9.17) is 0 Å². The first-order chi connectivity index (χ1) is 5.93. The molecule has 1 heterocycles. The van der Waals surface area contributed by atoms with Gasteiger partial charge in [0, 0.05) is 6.04 Å². The molecule has 0 aromatic carbocycles. The molecule has 0 radical (unpaired) electrons. The van der Waals surface area contributed by atoms with E-state index >= 15 is 0 Å². The van der Waals surface area contributed by atoms with Crippen LogP contribution in [-0.4, -0.2) is 30.6 Å². The summed E-state index contributed by atoms with van der Waals surface area (Å²) in [7, 11) is 0. The van der Waals surface area contributed by atoms with Crippen molar-refractivity contribution in [2.24, 2.45) is 4.99 Å². The molecule has 12 heavy (non-hydrogen) atoms. The Bertz CT molecular complexity index is 227. The number of hydrogen-bond acceptors (Lipinski definition) is 3. The lowest BCUT2D eigenvalue weighted by Gasteiger charge is -2.23. The molecule has 0 aliphatic carbocycles. The summed E-state index contributed by atoms with van der Waals surface area (Å²) in [5.41, 5.74) is 0. The fourth-order valence-corrected chi connectivity index (χ4v) is 1.33. The van der Waals surface area contributed by atoms with E-state index in [9.17, 15) is 4.79 Å². The molecule has 0 N–H and O–H groups in total. The molecular formula is C9H12N2O. The SMILES string of the molecule is O=C=NC#CCN1CCCCC1. The lowest BCUT2D eigenvalue weighted by molar-refractivity contribution is 0.255. The highest BCUT2D eigenvalue weighted by atomic mass is 16.1. The second kappa shape index (κ2) is 5.54. The standard InChI is InChI=1S/C9H12N2O/c12-9-10-5-4-8-11-6-2-1-3-7-11/h1-3,6-8H2. The number of carbonyl (C=O) groups excluding carboxylic acids is 1. The van der Waals surface area contributed by atoms with Gasteiger partial charge in [-0.25, -0.2) is 4.79 Å². The summed E-state index contributed by atoms with van der Waals surface area (Å²) in [6, 6.07) is 2.39. The van der Waals surface area contributed by atoms with Gasteiger partial charge in [-0.15, -0.1) is 4.99 Å². The first-order valence-corrected chi connectivity index (χ1v) is 4.20. The number of isocyanates is 1. The Balaban J connectivity index is 2.22.